The highest BCUT2D eigenvalue weighted by atomic mass is 16.2. The molecule has 4 unspecified atom stereocenters. The van der Waals surface area contributed by atoms with Crippen molar-refractivity contribution >= 4 is 11.8 Å². The maximum Gasteiger partial charge on any atom is 0.253 e. The lowest BCUT2D eigenvalue weighted by Crippen LogP contribution is -2.52. The van der Waals surface area contributed by atoms with Crippen LogP contribution in [0.5, 0.6) is 0 Å². The lowest BCUT2D eigenvalue weighted by Gasteiger charge is -2.59. The van der Waals surface area contributed by atoms with E-state index < -0.39 is 0 Å². The highest BCUT2D eigenvalue weighted by molar-refractivity contribution is 6.13. The molecule has 188 valence electrons. The highest BCUT2D eigenvalue weighted by Gasteiger charge is 2.59. The normalized spacial score (nSPS) is 42.5. The topological polar surface area (TPSA) is 37.4 Å². The van der Waals surface area contributed by atoms with Crippen molar-refractivity contribution in [1.82, 2.24) is 4.90 Å². The summed E-state index contributed by atoms with van der Waals surface area (Å²) in [5.74, 6) is 4.85. The summed E-state index contributed by atoms with van der Waals surface area (Å²) in [6, 6.07) is 0.0577. The van der Waals surface area contributed by atoms with Gasteiger partial charge >= 0.3 is 0 Å². The van der Waals surface area contributed by atoms with Gasteiger partial charge in [0.25, 0.3) is 11.8 Å². The summed E-state index contributed by atoms with van der Waals surface area (Å²) in [6.45, 7) is 12.5. The van der Waals surface area contributed by atoms with Gasteiger partial charge in [0.05, 0.1) is 0 Å². The fourth-order valence-electron chi connectivity index (χ4n) is 9.66. The molecule has 3 saturated carbocycles. The average Bonchev–Trinajstić information content (AvgIpc) is 3.31. The number of allylic oxidation sites excluding steroid dienone is 1. The van der Waals surface area contributed by atoms with Gasteiger partial charge in [0.2, 0.25) is 0 Å². The fraction of sp³-hybridized carbons (Fsp3) is 0.806. The fourth-order valence-corrected chi connectivity index (χ4v) is 9.66. The van der Waals surface area contributed by atoms with Crippen LogP contribution < -0.4 is 0 Å². The van der Waals surface area contributed by atoms with E-state index in [-0.39, 0.29) is 23.3 Å². The third kappa shape index (κ3) is 3.84. The van der Waals surface area contributed by atoms with Gasteiger partial charge in [-0.3, -0.25) is 14.5 Å². The van der Waals surface area contributed by atoms with Gasteiger partial charge in [0.15, 0.2) is 0 Å². The predicted molar refractivity (Wildman–Crippen MR) is 138 cm³/mol. The second-order valence-electron chi connectivity index (χ2n) is 13.6. The third-order valence-electron chi connectivity index (χ3n) is 11.5. The number of carbonyl (C=O) groups is 2. The summed E-state index contributed by atoms with van der Waals surface area (Å²) in [5.41, 5.74) is 2.34. The minimum atomic E-state index is -0.110. The van der Waals surface area contributed by atoms with Crippen molar-refractivity contribution in [2.45, 2.75) is 111 Å². The zero-order valence-corrected chi connectivity index (χ0v) is 22.3. The second kappa shape index (κ2) is 8.93. The average molecular weight is 466 g/mol. The van der Waals surface area contributed by atoms with Gasteiger partial charge in [-0.05, 0) is 97.7 Å². The molecule has 1 heterocycles. The molecule has 0 N–H and O–H groups in total. The van der Waals surface area contributed by atoms with E-state index >= 15 is 0 Å². The Bertz CT molecular complexity index is 868. The zero-order valence-electron chi connectivity index (χ0n) is 22.3. The Balaban J connectivity index is 1.30. The summed E-state index contributed by atoms with van der Waals surface area (Å²) in [7, 11) is 0. The van der Waals surface area contributed by atoms with Gasteiger partial charge < -0.3 is 0 Å². The number of amides is 2. The Morgan fingerprint density at radius 3 is 2.38 bits per heavy atom. The van der Waals surface area contributed by atoms with Crippen molar-refractivity contribution in [3.05, 3.63) is 23.8 Å². The summed E-state index contributed by atoms with van der Waals surface area (Å²) in [5, 5.41) is 0. The van der Waals surface area contributed by atoms with Crippen LogP contribution in [0.2, 0.25) is 0 Å². The van der Waals surface area contributed by atoms with E-state index in [0.717, 1.165) is 54.8 Å². The minimum Gasteiger partial charge on any atom is -0.272 e. The predicted octanol–water partition coefficient (Wildman–Crippen LogP) is 7.32. The number of hydrogen-bond donors (Lipinski definition) is 0. The van der Waals surface area contributed by atoms with Crippen LogP contribution in [0.15, 0.2) is 23.8 Å². The van der Waals surface area contributed by atoms with Gasteiger partial charge in [-0.15, -0.1) is 0 Å². The van der Waals surface area contributed by atoms with E-state index in [1.807, 2.05) is 0 Å². The molecule has 0 aromatic carbocycles. The Kier molecular flexibility index (Phi) is 6.39. The molecule has 0 radical (unpaired) electrons. The summed E-state index contributed by atoms with van der Waals surface area (Å²) in [4.78, 5) is 26.1. The molecule has 8 atom stereocenters. The standard InChI is InChI=1S/C31H47NO2/c1-20(2)7-6-8-21(3)25-11-12-26-24-10-9-22-19-23(32-28(33)13-14-29(32)34)15-17-30(22,4)27(24)16-18-31(25,26)5/h9,13-14,20-21,23-27H,6-8,10-12,15-19H2,1-5H3/t21-,23?,24?,25-,26?,27?,30+,31-/m1/s1. The molecule has 0 saturated heterocycles. The molecule has 3 fully saturated rings. The van der Waals surface area contributed by atoms with Crippen molar-refractivity contribution in [1.29, 1.82) is 0 Å². The Hall–Kier alpha value is -1.38. The minimum absolute atomic E-state index is 0.0577. The SMILES string of the molecule is CC(C)CCC[C@@H](C)[C@H]1CCC2C3CC=C4CC(N5C(=O)C=CC5=O)CC[C@]4(C)C3CC[C@@]21C. The molecule has 5 rings (SSSR count). The number of hydrogen-bond acceptors (Lipinski definition) is 2. The van der Waals surface area contributed by atoms with Gasteiger partial charge in [0, 0.05) is 18.2 Å². The van der Waals surface area contributed by atoms with E-state index in [1.165, 1.54) is 68.4 Å². The van der Waals surface area contributed by atoms with Crippen molar-refractivity contribution < 1.29 is 9.59 Å². The van der Waals surface area contributed by atoms with Crippen LogP contribution in [0, 0.1) is 46.3 Å². The summed E-state index contributed by atoms with van der Waals surface area (Å²) >= 11 is 0. The van der Waals surface area contributed by atoms with Gasteiger partial charge in [-0.25, -0.2) is 0 Å². The third-order valence-corrected chi connectivity index (χ3v) is 11.5. The van der Waals surface area contributed by atoms with E-state index in [2.05, 4.69) is 40.7 Å². The molecule has 3 heteroatoms. The summed E-state index contributed by atoms with van der Waals surface area (Å²) in [6.07, 6.45) is 19.5. The lowest BCUT2D eigenvalue weighted by atomic mass is 9.46. The van der Waals surface area contributed by atoms with Crippen molar-refractivity contribution in [2.75, 3.05) is 0 Å². The Labute approximate surface area is 207 Å². The van der Waals surface area contributed by atoms with E-state index in [9.17, 15) is 9.59 Å². The Morgan fingerprint density at radius 1 is 0.941 bits per heavy atom. The molecule has 0 spiro atoms. The van der Waals surface area contributed by atoms with Crippen LogP contribution in [-0.2, 0) is 9.59 Å². The molecule has 4 aliphatic carbocycles. The number of imide groups is 1. The van der Waals surface area contributed by atoms with Crippen LogP contribution in [0.3, 0.4) is 0 Å². The first-order valence-corrected chi connectivity index (χ1v) is 14.4. The van der Waals surface area contributed by atoms with Gasteiger partial charge in [-0.1, -0.05) is 65.5 Å². The lowest BCUT2D eigenvalue weighted by molar-refractivity contribution is -0.140. The molecule has 1 aliphatic heterocycles. The molecule has 0 aromatic heterocycles. The first-order valence-electron chi connectivity index (χ1n) is 14.4. The van der Waals surface area contributed by atoms with Crippen LogP contribution in [0.4, 0.5) is 0 Å². The zero-order chi connectivity index (χ0) is 24.3. The molecule has 3 nitrogen and oxygen atoms in total. The second-order valence-corrected chi connectivity index (χ2v) is 13.6. The monoisotopic (exact) mass is 465 g/mol. The number of nitrogens with zero attached hydrogens (tertiary/aromatic N) is 1. The van der Waals surface area contributed by atoms with Crippen LogP contribution in [0.25, 0.3) is 0 Å². The Morgan fingerprint density at radius 2 is 1.68 bits per heavy atom. The first kappa shape index (κ1) is 24.3. The number of carbonyl (C=O) groups excluding carboxylic acids is 2. The van der Waals surface area contributed by atoms with Crippen molar-refractivity contribution in [3.8, 4) is 0 Å². The van der Waals surface area contributed by atoms with E-state index in [1.54, 1.807) is 5.57 Å². The van der Waals surface area contributed by atoms with Gasteiger partial charge in [0.1, 0.15) is 0 Å². The molecule has 2 amide bonds. The van der Waals surface area contributed by atoms with Crippen LogP contribution in [0.1, 0.15) is 105 Å². The molecule has 0 aromatic rings. The van der Waals surface area contributed by atoms with Crippen LogP contribution in [-0.4, -0.2) is 22.8 Å². The smallest absolute Gasteiger partial charge is 0.253 e. The molecular weight excluding hydrogens is 418 g/mol. The number of fused-ring (bicyclic) bond motifs is 5. The largest absolute Gasteiger partial charge is 0.272 e. The maximum atomic E-state index is 12.3. The van der Waals surface area contributed by atoms with Crippen molar-refractivity contribution in [2.24, 2.45) is 46.3 Å². The molecule has 5 aliphatic rings. The number of rotatable bonds is 6. The molecular formula is C31H47NO2. The molecule has 0 bridgehead atoms. The van der Waals surface area contributed by atoms with E-state index in [4.69, 9.17) is 0 Å². The molecule has 34 heavy (non-hydrogen) atoms. The first-order chi connectivity index (χ1) is 16.1. The van der Waals surface area contributed by atoms with Gasteiger partial charge in [-0.2, -0.15) is 0 Å². The van der Waals surface area contributed by atoms with Crippen LogP contribution >= 0.6 is 0 Å². The van der Waals surface area contributed by atoms with Crippen molar-refractivity contribution in [3.63, 3.8) is 0 Å². The maximum absolute atomic E-state index is 12.3. The van der Waals surface area contributed by atoms with E-state index in [0.29, 0.717) is 5.41 Å². The quantitative estimate of drug-likeness (QED) is 0.304. The highest BCUT2D eigenvalue weighted by Crippen LogP contribution is 2.67. The summed E-state index contributed by atoms with van der Waals surface area (Å²) < 4.78 is 0.